The quantitative estimate of drug-likeness (QED) is 0.0921. The molecule has 0 amide bonds. The molecule has 2 nitrogen and oxygen atoms in total. The minimum absolute atomic E-state index is 0. The maximum absolute atomic E-state index is 11.3. The van der Waals surface area contributed by atoms with Crippen molar-refractivity contribution in [3.05, 3.63) is 103 Å². The van der Waals surface area contributed by atoms with E-state index in [0.717, 1.165) is 48.2 Å². The molecule has 37 heavy (non-hydrogen) atoms. The van der Waals surface area contributed by atoms with Crippen molar-refractivity contribution in [3.63, 3.8) is 0 Å². The third kappa shape index (κ3) is 10.4. The SMILES string of the molecule is CCCCCCC1=C(c2ccc(CCCCCC)cc2)[N+](=[N-])C(c2ccc(CCCC)cc2)=C1.[CH3-].[CH3-].[Ni+2]. The summed E-state index contributed by atoms with van der Waals surface area (Å²) in [7, 11) is 0. The second kappa shape index (κ2) is 19.1. The number of hydrogen-bond acceptors (Lipinski definition) is 0. The zero-order valence-corrected chi connectivity index (χ0v) is 25.1. The van der Waals surface area contributed by atoms with Gasteiger partial charge in [0.25, 0.3) is 0 Å². The van der Waals surface area contributed by atoms with Crippen LogP contribution < -0.4 is 0 Å². The molecule has 2 aromatic carbocycles. The van der Waals surface area contributed by atoms with Gasteiger partial charge in [-0.2, -0.15) is 0 Å². The zero-order chi connectivity index (χ0) is 24.2. The Morgan fingerprint density at radius 2 is 1.03 bits per heavy atom. The van der Waals surface area contributed by atoms with Crippen LogP contribution >= 0.6 is 0 Å². The van der Waals surface area contributed by atoms with Gasteiger partial charge in [-0.05, 0) is 73.9 Å². The molecular weight excluding hydrogens is 495 g/mol. The number of unbranched alkanes of at least 4 members (excludes halogenated alkanes) is 7. The number of nitrogens with zero attached hydrogens (tertiary/aromatic N) is 2. The predicted octanol–water partition coefficient (Wildman–Crippen LogP) is 10.8. The van der Waals surface area contributed by atoms with E-state index in [2.05, 4.69) is 75.4 Å². The van der Waals surface area contributed by atoms with Crippen LogP contribution in [0.2, 0.25) is 0 Å². The number of allylic oxidation sites excluding steroid dienone is 2. The van der Waals surface area contributed by atoms with Crippen LogP contribution in [0, 0.1) is 14.9 Å². The van der Waals surface area contributed by atoms with E-state index >= 15 is 0 Å². The van der Waals surface area contributed by atoms with Crippen LogP contribution in [0.1, 0.15) is 114 Å². The van der Waals surface area contributed by atoms with E-state index in [1.54, 1.807) is 0 Å². The van der Waals surface area contributed by atoms with Crippen LogP contribution in [0.15, 0.2) is 60.2 Å². The molecule has 1 aliphatic rings. The van der Waals surface area contributed by atoms with Crippen molar-refractivity contribution in [2.75, 3.05) is 0 Å². The summed E-state index contributed by atoms with van der Waals surface area (Å²) in [5.74, 6) is 0. The summed E-state index contributed by atoms with van der Waals surface area (Å²) in [6.45, 7) is 6.74. The second-order valence-electron chi connectivity index (χ2n) is 9.83. The topological polar surface area (TPSA) is 25.3 Å². The third-order valence-electron chi connectivity index (χ3n) is 6.97. The summed E-state index contributed by atoms with van der Waals surface area (Å²) < 4.78 is 1.44. The molecule has 1 aliphatic heterocycles. The fourth-order valence-electron chi connectivity index (χ4n) is 4.81. The van der Waals surface area contributed by atoms with E-state index in [9.17, 15) is 5.53 Å². The first-order valence-electron chi connectivity index (χ1n) is 13.8. The van der Waals surface area contributed by atoms with Crippen molar-refractivity contribution in [2.45, 2.75) is 104 Å². The molecule has 2 aromatic rings. The molecule has 206 valence electrons. The van der Waals surface area contributed by atoms with Crippen molar-refractivity contribution >= 4 is 11.4 Å². The molecule has 0 fully saturated rings. The van der Waals surface area contributed by atoms with Crippen molar-refractivity contribution in [3.8, 4) is 0 Å². The number of aryl methyl sites for hydroxylation is 2. The first-order valence-corrected chi connectivity index (χ1v) is 13.8. The summed E-state index contributed by atoms with van der Waals surface area (Å²) in [6.07, 6.45) is 18.0. The number of benzene rings is 2. The van der Waals surface area contributed by atoms with Gasteiger partial charge in [0.1, 0.15) is 0 Å². The molecule has 3 heteroatoms. The van der Waals surface area contributed by atoms with Crippen LogP contribution in [-0.4, -0.2) is 4.70 Å². The average Bonchev–Trinajstić information content (AvgIpc) is 3.19. The van der Waals surface area contributed by atoms with Crippen molar-refractivity contribution in [1.29, 1.82) is 0 Å². The molecule has 0 saturated carbocycles. The number of hydrogen-bond donors (Lipinski definition) is 0. The Kier molecular flexibility index (Phi) is 18.1. The van der Waals surface area contributed by atoms with Gasteiger partial charge in [0, 0.05) is 22.8 Å². The van der Waals surface area contributed by atoms with Gasteiger partial charge in [-0.15, -0.1) is 0 Å². The fraction of sp³-hybridized carbons (Fsp3) is 0.471. The van der Waals surface area contributed by atoms with Crippen LogP contribution in [0.5, 0.6) is 0 Å². The number of rotatable bonds is 15. The summed E-state index contributed by atoms with van der Waals surface area (Å²) in [4.78, 5) is 0. The summed E-state index contributed by atoms with van der Waals surface area (Å²) >= 11 is 0. The van der Waals surface area contributed by atoms with Gasteiger partial charge < -0.3 is 20.4 Å². The predicted molar refractivity (Wildman–Crippen MR) is 159 cm³/mol. The Labute approximate surface area is 239 Å². The van der Waals surface area contributed by atoms with Crippen molar-refractivity contribution < 1.29 is 21.2 Å². The van der Waals surface area contributed by atoms with E-state index in [-0.39, 0.29) is 31.3 Å². The monoisotopic (exact) mass is 544 g/mol. The Morgan fingerprint density at radius 3 is 1.54 bits per heavy atom. The van der Waals surface area contributed by atoms with E-state index < -0.39 is 0 Å². The van der Waals surface area contributed by atoms with Gasteiger partial charge in [0.15, 0.2) is 0 Å². The molecule has 1 heterocycles. The van der Waals surface area contributed by atoms with Crippen molar-refractivity contribution in [2.24, 2.45) is 0 Å². The Hall–Kier alpha value is -1.99. The van der Waals surface area contributed by atoms with Gasteiger partial charge in [-0.25, -0.2) is 4.70 Å². The van der Waals surface area contributed by atoms with E-state index in [1.165, 1.54) is 79.2 Å². The van der Waals surface area contributed by atoms with Crippen LogP contribution in [-0.2, 0) is 29.3 Å². The molecular formula is C34H50N2Ni. The van der Waals surface area contributed by atoms with E-state index in [1.807, 2.05) is 0 Å². The van der Waals surface area contributed by atoms with E-state index in [0.29, 0.717) is 0 Å². The van der Waals surface area contributed by atoms with Gasteiger partial charge in [0.2, 0.25) is 11.4 Å². The molecule has 0 atom stereocenters. The van der Waals surface area contributed by atoms with Gasteiger partial charge in [0.05, 0.1) is 0 Å². The maximum atomic E-state index is 11.3. The standard InChI is InChI=1S/C32H44N2.2CH3.Ni/c1-4-7-10-12-15-27-19-23-29(24-20-27)32-30(16-13-11-8-5-2)25-31(34(32)33)28-21-17-26(18-22-28)14-9-6-3;;;/h17-25H,4-16H2,1-3H3;2*1H3;/q;2*-1;+2. The van der Waals surface area contributed by atoms with Crippen molar-refractivity contribution in [1.82, 2.24) is 0 Å². The summed E-state index contributed by atoms with van der Waals surface area (Å²) in [5, 5.41) is 0. The van der Waals surface area contributed by atoms with Gasteiger partial charge >= 0.3 is 16.5 Å². The molecule has 0 bridgehead atoms. The van der Waals surface area contributed by atoms with Gasteiger partial charge in [-0.3, -0.25) is 0 Å². The zero-order valence-electron chi connectivity index (χ0n) is 24.1. The molecule has 0 unspecified atom stereocenters. The first kappa shape index (κ1) is 35.0. The molecule has 0 aliphatic carbocycles. The normalized spacial score (nSPS) is 12.5. The largest absolute Gasteiger partial charge is 2.00 e. The molecule has 3 rings (SSSR count). The smallest absolute Gasteiger partial charge is 0.493 e. The summed E-state index contributed by atoms with van der Waals surface area (Å²) in [6, 6.07) is 17.6. The van der Waals surface area contributed by atoms with Crippen LogP contribution in [0.3, 0.4) is 0 Å². The van der Waals surface area contributed by atoms with Gasteiger partial charge in [-0.1, -0.05) is 90.0 Å². The first-order chi connectivity index (χ1) is 16.7. The minimum Gasteiger partial charge on any atom is -0.493 e. The Balaban J connectivity index is 0.00000432. The fourth-order valence-corrected chi connectivity index (χ4v) is 4.81. The second-order valence-corrected chi connectivity index (χ2v) is 9.83. The van der Waals surface area contributed by atoms with Crippen LogP contribution in [0.25, 0.3) is 16.9 Å². The average molecular weight is 545 g/mol. The minimum atomic E-state index is 0. The van der Waals surface area contributed by atoms with Crippen LogP contribution in [0.4, 0.5) is 0 Å². The summed E-state index contributed by atoms with van der Waals surface area (Å²) in [5.41, 5.74) is 19.4. The Morgan fingerprint density at radius 1 is 0.568 bits per heavy atom. The maximum Gasteiger partial charge on any atom is 2.00 e. The molecule has 0 spiro atoms. The Bertz CT molecular complexity index is 968. The molecule has 0 radical (unpaired) electrons. The third-order valence-corrected chi connectivity index (χ3v) is 6.97. The molecule has 0 aromatic heterocycles. The molecule has 0 saturated heterocycles. The molecule has 0 N–H and O–H groups in total. The van der Waals surface area contributed by atoms with E-state index in [4.69, 9.17) is 0 Å².